The molecule has 4 rings (SSSR count). The topological polar surface area (TPSA) is 76.6 Å². The van der Waals surface area contributed by atoms with Crippen LogP contribution in [-0.4, -0.2) is 32.3 Å². The molecule has 1 N–H and O–H groups in total. The van der Waals surface area contributed by atoms with E-state index in [1.54, 1.807) is 13.3 Å². The second-order valence-corrected chi connectivity index (χ2v) is 10.6. The molecule has 0 aliphatic rings. The Morgan fingerprint density at radius 1 is 0.641 bits per heavy atom. The zero-order valence-corrected chi connectivity index (χ0v) is 25.9. The molecule has 0 atom stereocenters. The first-order valence-electron chi connectivity index (χ1n) is 13.8. The van der Waals surface area contributed by atoms with Crippen LogP contribution in [0.4, 0.5) is 0 Å². The summed E-state index contributed by atoms with van der Waals surface area (Å²) in [6.45, 7) is 21.2. The Hall–Kier alpha value is -3.54. The Bertz CT molecular complexity index is 1180. The first kappa shape index (κ1) is 33.5. The number of ether oxygens (including phenoxy) is 1. The van der Waals surface area contributed by atoms with Crippen LogP contribution in [0.3, 0.4) is 0 Å². The third-order valence-electron chi connectivity index (χ3n) is 5.79. The number of rotatable bonds is 5. The van der Waals surface area contributed by atoms with E-state index in [4.69, 9.17) is 4.74 Å². The number of pyridine rings is 3. The molecular formula is C33H49N5O. The lowest BCUT2D eigenvalue weighted by Gasteiger charge is -2.05. The van der Waals surface area contributed by atoms with Gasteiger partial charge in [0.15, 0.2) is 0 Å². The highest BCUT2D eigenvalue weighted by atomic mass is 16.5. The Balaban J connectivity index is 0.000000261. The highest BCUT2D eigenvalue weighted by molar-refractivity contribution is 5.20. The van der Waals surface area contributed by atoms with E-state index in [2.05, 4.69) is 106 Å². The first-order valence-corrected chi connectivity index (χ1v) is 13.8. The molecule has 6 nitrogen and oxygen atoms in total. The fourth-order valence-corrected chi connectivity index (χ4v) is 3.44. The molecule has 0 fully saturated rings. The van der Waals surface area contributed by atoms with Gasteiger partial charge in [0, 0.05) is 46.9 Å². The van der Waals surface area contributed by atoms with Crippen molar-refractivity contribution in [2.24, 2.45) is 0 Å². The number of H-pyrrole nitrogens is 1. The van der Waals surface area contributed by atoms with Crippen molar-refractivity contribution in [2.75, 3.05) is 7.11 Å². The van der Waals surface area contributed by atoms with Crippen molar-refractivity contribution < 1.29 is 4.74 Å². The van der Waals surface area contributed by atoms with Crippen LogP contribution in [0.5, 0.6) is 5.88 Å². The minimum Gasteiger partial charge on any atom is -0.481 e. The molecule has 0 aromatic carbocycles. The zero-order valence-electron chi connectivity index (χ0n) is 25.9. The average Bonchev–Trinajstić information content (AvgIpc) is 3.46. The average molecular weight is 532 g/mol. The van der Waals surface area contributed by atoms with Gasteiger partial charge in [0.2, 0.25) is 5.88 Å². The maximum absolute atomic E-state index is 4.99. The number of hydrogen-bond acceptors (Lipinski definition) is 5. The monoisotopic (exact) mass is 531 g/mol. The van der Waals surface area contributed by atoms with E-state index in [1.165, 1.54) is 22.6 Å². The summed E-state index contributed by atoms with van der Waals surface area (Å²) in [5, 5.41) is 6.70. The SMILES string of the molecule is CC(C)c1ccn[nH]1.COc1cccc(C(C)C)n1.Cc1cccc(C(C)C)n1.Cc1cccnc1C(C)C. The molecule has 4 aromatic rings. The molecule has 212 valence electrons. The van der Waals surface area contributed by atoms with Gasteiger partial charge in [0.25, 0.3) is 0 Å². The largest absolute Gasteiger partial charge is 0.481 e. The molecule has 0 spiro atoms. The number of aryl methyl sites for hydroxylation is 2. The molecule has 6 heteroatoms. The van der Waals surface area contributed by atoms with Crippen molar-refractivity contribution in [1.82, 2.24) is 25.1 Å². The second kappa shape index (κ2) is 17.9. The lowest BCUT2D eigenvalue weighted by atomic mass is 10.1. The summed E-state index contributed by atoms with van der Waals surface area (Å²) in [6.07, 6.45) is 3.62. The minimum absolute atomic E-state index is 0.463. The van der Waals surface area contributed by atoms with Gasteiger partial charge in [-0.1, -0.05) is 73.6 Å². The predicted octanol–water partition coefficient (Wildman–Crippen LogP) is 8.77. The molecular weight excluding hydrogens is 482 g/mol. The quantitative estimate of drug-likeness (QED) is 0.278. The molecule has 0 bridgehead atoms. The molecule has 0 aliphatic carbocycles. The fraction of sp³-hybridized carbons (Fsp3) is 0.455. The van der Waals surface area contributed by atoms with Crippen LogP contribution in [0.1, 0.15) is 113 Å². The number of aromatic amines is 1. The molecule has 0 unspecified atom stereocenters. The van der Waals surface area contributed by atoms with Crippen LogP contribution in [0.15, 0.2) is 67.0 Å². The molecule has 0 radical (unpaired) electrons. The van der Waals surface area contributed by atoms with Crippen molar-refractivity contribution in [3.63, 3.8) is 0 Å². The first-order chi connectivity index (χ1) is 18.5. The lowest BCUT2D eigenvalue weighted by molar-refractivity contribution is 0.395. The third kappa shape index (κ3) is 13.2. The van der Waals surface area contributed by atoms with Crippen molar-refractivity contribution in [3.8, 4) is 5.88 Å². The Morgan fingerprint density at radius 2 is 1.26 bits per heavy atom. The highest BCUT2D eigenvalue weighted by Gasteiger charge is 2.02. The van der Waals surface area contributed by atoms with Gasteiger partial charge in [-0.15, -0.1) is 0 Å². The molecule has 0 saturated heterocycles. The highest BCUT2D eigenvalue weighted by Crippen LogP contribution is 2.15. The maximum Gasteiger partial charge on any atom is 0.213 e. The number of aromatic nitrogens is 5. The minimum atomic E-state index is 0.463. The van der Waals surface area contributed by atoms with E-state index in [-0.39, 0.29) is 0 Å². The molecule has 4 heterocycles. The van der Waals surface area contributed by atoms with Gasteiger partial charge >= 0.3 is 0 Å². The summed E-state index contributed by atoms with van der Waals surface area (Å²) in [5.74, 6) is 2.81. The van der Waals surface area contributed by atoms with Gasteiger partial charge in [-0.3, -0.25) is 15.1 Å². The van der Waals surface area contributed by atoms with Crippen LogP contribution in [0.2, 0.25) is 0 Å². The Kier molecular flexibility index (Phi) is 15.3. The fourth-order valence-electron chi connectivity index (χ4n) is 3.44. The second-order valence-electron chi connectivity index (χ2n) is 10.6. The summed E-state index contributed by atoms with van der Waals surface area (Å²) in [6, 6.07) is 18.0. The summed E-state index contributed by atoms with van der Waals surface area (Å²) >= 11 is 0. The van der Waals surface area contributed by atoms with Crippen molar-refractivity contribution in [2.45, 2.75) is 92.9 Å². The van der Waals surface area contributed by atoms with Gasteiger partial charge in [-0.05, 0) is 73.4 Å². The molecule has 39 heavy (non-hydrogen) atoms. The van der Waals surface area contributed by atoms with E-state index >= 15 is 0 Å². The smallest absolute Gasteiger partial charge is 0.213 e. The molecule has 4 aromatic heterocycles. The van der Waals surface area contributed by atoms with Crippen LogP contribution in [-0.2, 0) is 0 Å². The van der Waals surface area contributed by atoms with Gasteiger partial charge < -0.3 is 4.74 Å². The van der Waals surface area contributed by atoms with Crippen molar-refractivity contribution in [3.05, 3.63) is 101 Å². The standard InChI is InChI=1S/C9H13NO.2C9H13N.C6H10N2/c1-7(2)8-5-4-6-9(10-8)11-3;1-7(2)9-8(3)5-4-6-10-9;1-7(2)9-6-4-5-8(3)10-9;1-5(2)6-3-4-7-8-6/h4-7H,1-3H3;2*4-7H,1-3H3;3-5H,1-2H3,(H,7,8). The van der Waals surface area contributed by atoms with Crippen LogP contribution >= 0.6 is 0 Å². The number of nitrogens with zero attached hydrogens (tertiary/aromatic N) is 4. The molecule has 0 amide bonds. The van der Waals surface area contributed by atoms with Gasteiger partial charge in [-0.25, -0.2) is 4.98 Å². The van der Waals surface area contributed by atoms with E-state index in [0.717, 1.165) is 11.4 Å². The van der Waals surface area contributed by atoms with Crippen molar-refractivity contribution in [1.29, 1.82) is 0 Å². The zero-order chi connectivity index (χ0) is 29.4. The van der Waals surface area contributed by atoms with E-state index in [0.29, 0.717) is 29.6 Å². The maximum atomic E-state index is 4.99. The normalized spacial score (nSPS) is 10.3. The predicted molar refractivity (Wildman–Crippen MR) is 164 cm³/mol. The number of methoxy groups -OCH3 is 1. The van der Waals surface area contributed by atoms with Crippen LogP contribution in [0.25, 0.3) is 0 Å². The summed E-state index contributed by atoms with van der Waals surface area (Å²) in [7, 11) is 1.63. The summed E-state index contributed by atoms with van der Waals surface area (Å²) in [4.78, 5) is 12.9. The van der Waals surface area contributed by atoms with E-state index in [9.17, 15) is 0 Å². The number of hydrogen-bond donors (Lipinski definition) is 1. The Morgan fingerprint density at radius 3 is 1.64 bits per heavy atom. The van der Waals surface area contributed by atoms with Crippen molar-refractivity contribution >= 4 is 0 Å². The summed E-state index contributed by atoms with van der Waals surface area (Å²) in [5.41, 5.74) is 7.06. The molecule has 0 saturated carbocycles. The molecule has 0 aliphatic heterocycles. The van der Waals surface area contributed by atoms with Gasteiger partial charge in [0.05, 0.1) is 7.11 Å². The van der Waals surface area contributed by atoms with Gasteiger partial charge in [-0.2, -0.15) is 5.10 Å². The third-order valence-corrected chi connectivity index (χ3v) is 5.79. The van der Waals surface area contributed by atoms with E-state index in [1.807, 2.05) is 49.5 Å². The number of nitrogens with one attached hydrogen (secondary N) is 1. The van der Waals surface area contributed by atoms with Crippen LogP contribution < -0.4 is 4.74 Å². The lowest BCUT2D eigenvalue weighted by Crippen LogP contribution is -1.94. The Labute approximate surface area is 236 Å². The van der Waals surface area contributed by atoms with E-state index < -0.39 is 0 Å². The van der Waals surface area contributed by atoms with Gasteiger partial charge in [0.1, 0.15) is 0 Å². The summed E-state index contributed by atoms with van der Waals surface area (Å²) < 4.78 is 4.99. The van der Waals surface area contributed by atoms with Crippen LogP contribution in [0, 0.1) is 13.8 Å².